The van der Waals surface area contributed by atoms with Crippen LogP contribution in [-0.4, -0.2) is 38.8 Å². The number of nitrogens with zero attached hydrogens (tertiary/aromatic N) is 4. The van der Waals surface area contributed by atoms with E-state index < -0.39 is 0 Å². The minimum atomic E-state index is 0.333. The number of aromatic nitrogens is 4. The van der Waals surface area contributed by atoms with Gasteiger partial charge >= 0.3 is 0 Å². The van der Waals surface area contributed by atoms with Crippen molar-refractivity contribution in [3.63, 3.8) is 0 Å². The molecule has 1 unspecified atom stereocenters. The van der Waals surface area contributed by atoms with Crippen molar-refractivity contribution < 1.29 is 4.74 Å². The highest BCUT2D eigenvalue weighted by Crippen LogP contribution is 2.19. The quantitative estimate of drug-likeness (QED) is 0.799. The first-order valence-corrected chi connectivity index (χ1v) is 5.31. The Hall–Kier alpha value is -1.69. The monoisotopic (exact) mass is 219 g/mol. The summed E-state index contributed by atoms with van der Waals surface area (Å²) in [5.74, 6) is 0.793. The van der Waals surface area contributed by atoms with Gasteiger partial charge < -0.3 is 14.6 Å². The molecule has 1 aliphatic heterocycles. The maximum Gasteiger partial charge on any atom is 0.165 e. The van der Waals surface area contributed by atoms with Gasteiger partial charge in [0.2, 0.25) is 0 Å². The highest BCUT2D eigenvalue weighted by Gasteiger charge is 2.17. The second-order valence-electron chi connectivity index (χ2n) is 3.95. The Balaban J connectivity index is 1.96. The lowest BCUT2D eigenvalue weighted by molar-refractivity contribution is 0.195. The van der Waals surface area contributed by atoms with Crippen molar-refractivity contribution in [2.45, 2.75) is 12.5 Å². The number of imidazole rings is 1. The molecule has 0 saturated carbocycles. The van der Waals surface area contributed by atoms with Gasteiger partial charge in [-0.25, -0.2) is 15.0 Å². The van der Waals surface area contributed by atoms with E-state index in [4.69, 9.17) is 4.74 Å². The number of ether oxygens (including phenoxy) is 1. The predicted octanol–water partition coefficient (Wildman–Crippen LogP) is 0.564. The Morgan fingerprint density at radius 3 is 3.19 bits per heavy atom. The molecule has 0 aromatic carbocycles. The zero-order valence-electron chi connectivity index (χ0n) is 9.05. The summed E-state index contributed by atoms with van der Waals surface area (Å²) < 4.78 is 7.20. The Morgan fingerprint density at radius 2 is 2.38 bits per heavy atom. The third-order valence-corrected chi connectivity index (χ3v) is 2.77. The van der Waals surface area contributed by atoms with E-state index in [1.165, 1.54) is 0 Å². The highest BCUT2D eigenvalue weighted by molar-refractivity contribution is 5.82. The van der Waals surface area contributed by atoms with E-state index in [0.29, 0.717) is 6.04 Å². The second kappa shape index (κ2) is 3.71. The molecule has 2 aromatic rings. The van der Waals surface area contributed by atoms with Crippen LogP contribution in [0.5, 0.6) is 0 Å². The third-order valence-electron chi connectivity index (χ3n) is 2.77. The van der Waals surface area contributed by atoms with Crippen molar-refractivity contribution in [2.24, 2.45) is 7.05 Å². The minimum absolute atomic E-state index is 0.333. The van der Waals surface area contributed by atoms with Gasteiger partial charge in [-0.3, -0.25) is 0 Å². The fraction of sp³-hybridized carbons (Fsp3) is 0.500. The molecule has 0 spiro atoms. The fourth-order valence-corrected chi connectivity index (χ4v) is 1.89. The number of nitrogens with one attached hydrogen (secondary N) is 1. The van der Waals surface area contributed by atoms with E-state index in [0.717, 1.165) is 36.6 Å². The van der Waals surface area contributed by atoms with Crippen molar-refractivity contribution in [3.05, 3.63) is 12.7 Å². The standard InChI is InChI=1S/C10H13N5O/c1-15-6-13-8-9(11-5-12-10(8)15)14-7-2-3-16-4-7/h5-7H,2-4H2,1H3,(H,11,12,14). The first-order valence-electron chi connectivity index (χ1n) is 5.31. The van der Waals surface area contributed by atoms with Gasteiger partial charge in [0.1, 0.15) is 11.8 Å². The van der Waals surface area contributed by atoms with Crippen LogP contribution in [0.1, 0.15) is 6.42 Å². The topological polar surface area (TPSA) is 64.9 Å². The molecule has 84 valence electrons. The first kappa shape index (κ1) is 9.53. The van der Waals surface area contributed by atoms with Crippen LogP contribution in [-0.2, 0) is 11.8 Å². The summed E-state index contributed by atoms with van der Waals surface area (Å²) in [4.78, 5) is 12.7. The second-order valence-corrected chi connectivity index (χ2v) is 3.95. The molecule has 16 heavy (non-hydrogen) atoms. The number of hydrogen-bond donors (Lipinski definition) is 1. The molecule has 1 N–H and O–H groups in total. The Kier molecular flexibility index (Phi) is 2.21. The Bertz CT molecular complexity index is 503. The van der Waals surface area contributed by atoms with Gasteiger partial charge in [0.25, 0.3) is 0 Å². The molecule has 3 rings (SSSR count). The summed E-state index contributed by atoms with van der Waals surface area (Å²) >= 11 is 0. The zero-order chi connectivity index (χ0) is 11.0. The Labute approximate surface area is 92.7 Å². The van der Waals surface area contributed by atoms with Gasteiger partial charge in [-0.1, -0.05) is 0 Å². The van der Waals surface area contributed by atoms with Gasteiger partial charge in [-0.15, -0.1) is 0 Å². The highest BCUT2D eigenvalue weighted by atomic mass is 16.5. The predicted molar refractivity (Wildman–Crippen MR) is 59.2 cm³/mol. The van der Waals surface area contributed by atoms with Crippen LogP contribution in [0, 0.1) is 0 Å². The van der Waals surface area contributed by atoms with E-state index in [2.05, 4.69) is 20.3 Å². The average molecular weight is 219 g/mol. The van der Waals surface area contributed by atoms with Gasteiger partial charge in [-0.05, 0) is 6.42 Å². The molecule has 0 aliphatic carbocycles. The molecule has 1 fully saturated rings. The van der Waals surface area contributed by atoms with E-state index >= 15 is 0 Å². The zero-order valence-corrected chi connectivity index (χ0v) is 9.05. The third kappa shape index (κ3) is 1.51. The molecular weight excluding hydrogens is 206 g/mol. The van der Waals surface area contributed by atoms with E-state index in [1.54, 1.807) is 12.7 Å². The van der Waals surface area contributed by atoms with Gasteiger partial charge in [-0.2, -0.15) is 0 Å². The molecule has 1 aliphatic rings. The van der Waals surface area contributed by atoms with Gasteiger partial charge in [0.15, 0.2) is 11.5 Å². The summed E-state index contributed by atoms with van der Waals surface area (Å²) in [6, 6.07) is 0.333. The Morgan fingerprint density at radius 1 is 1.44 bits per heavy atom. The number of anilines is 1. The lowest BCUT2D eigenvalue weighted by atomic mass is 10.2. The van der Waals surface area contributed by atoms with Gasteiger partial charge in [0.05, 0.1) is 19.0 Å². The van der Waals surface area contributed by atoms with E-state index in [9.17, 15) is 0 Å². The minimum Gasteiger partial charge on any atom is -0.379 e. The van der Waals surface area contributed by atoms with Crippen molar-refractivity contribution >= 4 is 17.0 Å². The summed E-state index contributed by atoms with van der Waals surface area (Å²) in [5, 5.41) is 3.35. The van der Waals surface area contributed by atoms with Crippen LogP contribution in [0.4, 0.5) is 5.82 Å². The maximum atomic E-state index is 5.32. The largest absolute Gasteiger partial charge is 0.379 e. The summed E-state index contributed by atoms with van der Waals surface area (Å²) in [7, 11) is 1.92. The molecular formula is C10H13N5O. The van der Waals surface area contributed by atoms with Crippen LogP contribution in [0.25, 0.3) is 11.2 Å². The lowest BCUT2D eigenvalue weighted by Gasteiger charge is -2.10. The molecule has 0 amide bonds. The van der Waals surface area contributed by atoms with Crippen molar-refractivity contribution in [1.29, 1.82) is 0 Å². The summed E-state index contributed by atoms with van der Waals surface area (Å²) in [6.07, 6.45) is 4.32. The van der Waals surface area contributed by atoms with E-state index in [-0.39, 0.29) is 0 Å². The summed E-state index contributed by atoms with van der Waals surface area (Å²) in [6.45, 7) is 1.55. The fourth-order valence-electron chi connectivity index (χ4n) is 1.89. The van der Waals surface area contributed by atoms with Crippen molar-refractivity contribution in [1.82, 2.24) is 19.5 Å². The molecule has 2 aromatic heterocycles. The molecule has 3 heterocycles. The molecule has 6 heteroatoms. The molecule has 0 bridgehead atoms. The van der Waals surface area contributed by atoms with Crippen LogP contribution >= 0.6 is 0 Å². The lowest BCUT2D eigenvalue weighted by Crippen LogP contribution is -2.20. The first-order chi connectivity index (χ1) is 7.84. The van der Waals surface area contributed by atoms with Crippen molar-refractivity contribution in [2.75, 3.05) is 18.5 Å². The molecule has 6 nitrogen and oxygen atoms in total. The van der Waals surface area contributed by atoms with E-state index in [1.807, 2.05) is 11.6 Å². The molecule has 1 saturated heterocycles. The molecule has 1 atom stereocenters. The SMILES string of the molecule is Cn1cnc2c(NC3CCOC3)ncnc21. The smallest absolute Gasteiger partial charge is 0.165 e. The number of hydrogen-bond acceptors (Lipinski definition) is 5. The van der Waals surface area contributed by atoms with Crippen molar-refractivity contribution in [3.8, 4) is 0 Å². The summed E-state index contributed by atoms with van der Waals surface area (Å²) in [5.41, 5.74) is 1.66. The van der Waals surface area contributed by atoms with Crippen LogP contribution in [0.3, 0.4) is 0 Å². The molecule has 0 radical (unpaired) electrons. The van der Waals surface area contributed by atoms with Crippen LogP contribution in [0.2, 0.25) is 0 Å². The van der Waals surface area contributed by atoms with Gasteiger partial charge in [0, 0.05) is 13.7 Å². The normalized spacial score (nSPS) is 20.4. The average Bonchev–Trinajstić information content (AvgIpc) is 2.90. The maximum absolute atomic E-state index is 5.32. The number of rotatable bonds is 2. The van der Waals surface area contributed by atoms with Crippen LogP contribution in [0.15, 0.2) is 12.7 Å². The van der Waals surface area contributed by atoms with Crippen LogP contribution < -0.4 is 5.32 Å². The number of fused-ring (bicyclic) bond motifs is 1. The number of aryl methyl sites for hydroxylation is 1.